The van der Waals surface area contributed by atoms with Gasteiger partial charge in [-0.3, -0.25) is 0 Å². The molecular weight excluding hydrogens is 214 g/mol. The lowest BCUT2D eigenvalue weighted by atomic mass is 10.1. The zero-order chi connectivity index (χ0) is 12.9. The summed E-state index contributed by atoms with van der Waals surface area (Å²) in [6.07, 6.45) is 6.97. The number of aromatic nitrogens is 1. The molecule has 94 valence electrons. The van der Waals surface area contributed by atoms with Crippen LogP contribution < -0.4 is 10.2 Å². The molecule has 0 saturated heterocycles. The summed E-state index contributed by atoms with van der Waals surface area (Å²) in [6.45, 7) is 10.4. The monoisotopic (exact) mass is 235 g/mol. The first-order valence-electron chi connectivity index (χ1n) is 5.84. The van der Waals surface area contributed by atoms with Crippen molar-refractivity contribution in [3.8, 4) is 12.3 Å². The fourth-order valence-electron chi connectivity index (χ4n) is 1.30. The molecule has 1 rings (SSSR count). The van der Waals surface area contributed by atoms with Crippen molar-refractivity contribution >= 4 is 6.01 Å². The Morgan fingerprint density at radius 2 is 2.24 bits per heavy atom. The maximum Gasteiger partial charge on any atom is 0.298 e. The lowest BCUT2D eigenvalue weighted by Gasteiger charge is -2.19. The lowest BCUT2D eigenvalue weighted by molar-refractivity contribution is 0.421. The van der Waals surface area contributed by atoms with Crippen LogP contribution in [0.25, 0.3) is 0 Å². The van der Waals surface area contributed by atoms with E-state index in [0.717, 1.165) is 12.2 Å². The van der Waals surface area contributed by atoms with Gasteiger partial charge in [0, 0.05) is 18.6 Å². The Morgan fingerprint density at radius 1 is 1.53 bits per heavy atom. The Bertz CT molecular complexity index is 384. The van der Waals surface area contributed by atoms with E-state index in [4.69, 9.17) is 10.8 Å². The molecule has 0 aromatic carbocycles. The van der Waals surface area contributed by atoms with Gasteiger partial charge in [0.05, 0.1) is 12.2 Å². The highest BCUT2D eigenvalue weighted by Gasteiger charge is 2.13. The van der Waals surface area contributed by atoms with Gasteiger partial charge >= 0.3 is 0 Å². The molecule has 0 saturated carbocycles. The summed E-state index contributed by atoms with van der Waals surface area (Å²) < 4.78 is 5.41. The van der Waals surface area contributed by atoms with Crippen LogP contribution in [0.1, 0.15) is 33.4 Å². The molecule has 17 heavy (non-hydrogen) atoms. The van der Waals surface area contributed by atoms with Crippen LogP contribution in [0.3, 0.4) is 0 Å². The van der Waals surface area contributed by atoms with Gasteiger partial charge in [-0.1, -0.05) is 5.92 Å². The molecule has 0 aliphatic carbocycles. The van der Waals surface area contributed by atoms with Gasteiger partial charge in [0.25, 0.3) is 6.01 Å². The third kappa shape index (κ3) is 4.49. The predicted octanol–water partition coefficient (Wildman–Crippen LogP) is 2.02. The van der Waals surface area contributed by atoms with Crippen molar-refractivity contribution in [1.82, 2.24) is 10.3 Å². The van der Waals surface area contributed by atoms with E-state index in [-0.39, 0.29) is 5.54 Å². The molecule has 1 heterocycles. The number of rotatable bonds is 5. The molecule has 0 bridgehead atoms. The molecule has 0 radical (unpaired) electrons. The van der Waals surface area contributed by atoms with Crippen molar-refractivity contribution in [2.75, 3.05) is 18.0 Å². The molecule has 0 spiro atoms. The number of hydrogen-bond acceptors (Lipinski definition) is 4. The molecule has 0 fully saturated rings. The smallest absolute Gasteiger partial charge is 0.298 e. The quantitative estimate of drug-likeness (QED) is 0.793. The van der Waals surface area contributed by atoms with E-state index in [1.165, 1.54) is 0 Å². The first-order valence-corrected chi connectivity index (χ1v) is 5.84. The maximum absolute atomic E-state index is 5.41. The van der Waals surface area contributed by atoms with Crippen LogP contribution in [0.15, 0.2) is 10.7 Å². The number of terminal acetylenes is 1. The standard InChI is InChI=1S/C13H21N3O/c1-6-8-16(7-2)12-15-11(10-17-12)9-14-13(3,4)5/h1,10,14H,7-9H2,2-5H3. The van der Waals surface area contributed by atoms with Crippen molar-refractivity contribution in [2.24, 2.45) is 0 Å². The van der Waals surface area contributed by atoms with Gasteiger partial charge in [0.2, 0.25) is 0 Å². The Hall–Kier alpha value is -1.47. The minimum atomic E-state index is 0.0718. The van der Waals surface area contributed by atoms with Crippen molar-refractivity contribution in [3.63, 3.8) is 0 Å². The largest absolute Gasteiger partial charge is 0.432 e. The molecule has 4 nitrogen and oxygen atoms in total. The second kappa shape index (κ2) is 5.74. The minimum absolute atomic E-state index is 0.0718. The fraction of sp³-hybridized carbons (Fsp3) is 0.615. The van der Waals surface area contributed by atoms with E-state index in [2.05, 4.69) is 37.0 Å². The van der Waals surface area contributed by atoms with Crippen LogP contribution >= 0.6 is 0 Å². The highest BCUT2D eigenvalue weighted by Crippen LogP contribution is 2.13. The fourth-order valence-corrected chi connectivity index (χ4v) is 1.30. The summed E-state index contributed by atoms with van der Waals surface area (Å²) in [4.78, 5) is 6.32. The Morgan fingerprint density at radius 3 is 2.76 bits per heavy atom. The Kier molecular flexibility index (Phi) is 4.59. The number of nitrogens with one attached hydrogen (secondary N) is 1. The lowest BCUT2D eigenvalue weighted by Crippen LogP contribution is -2.35. The van der Waals surface area contributed by atoms with Gasteiger partial charge < -0.3 is 14.6 Å². The topological polar surface area (TPSA) is 41.3 Å². The van der Waals surface area contributed by atoms with Gasteiger partial charge in [0.1, 0.15) is 6.26 Å². The van der Waals surface area contributed by atoms with Crippen LogP contribution in [0.2, 0.25) is 0 Å². The zero-order valence-corrected chi connectivity index (χ0v) is 11.1. The van der Waals surface area contributed by atoms with Crippen molar-refractivity contribution in [3.05, 3.63) is 12.0 Å². The minimum Gasteiger partial charge on any atom is -0.432 e. The Labute approximate surface area is 103 Å². The van der Waals surface area contributed by atoms with Crippen LogP contribution in [0, 0.1) is 12.3 Å². The van der Waals surface area contributed by atoms with Gasteiger partial charge in [-0.25, -0.2) is 0 Å². The van der Waals surface area contributed by atoms with Gasteiger partial charge in [-0.2, -0.15) is 4.98 Å². The summed E-state index contributed by atoms with van der Waals surface area (Å²) in [5.74, 6) is 2.59. The van der Waals surface area contributed by atoms with E-state index in [9.17, 15) is 0 Å². The van der Waals surface area contributed by atoms with Gasteiger partial charge in [-0.05, 0) is 27.7 Å². The predicted molar refractivity (Wildman–Crippen MR) is 69.8 cm³/mol. The van der Waals surface area contributed by atoms with E-state index >= 15 is 0 Å². The average molecular weight is 235 g/mol. The molecular formula is C13H21N3O. The van der Waals surface area contributed by atoms with Crippen LogP contribution in [-0.2, 0) is 6.54 Å². The molecule has 0 aliphatic heterocycles. The zero-order valence-electron chi connectivity index (χ0n) is 11.1. The highest BCUT2D eigenvalue weighted by molar-refractivity contribution is 5.29. The Balaban J connectivity index is 2.61. The average Bonchev–Trinajstić information content (AvgIpc) is 2.70. The van der Waals surface area contributed by atoms with Crippen LogP contribution in [0.4, 0.5) is 6.01 Å². The van der Waals surface area contributed by atoms with E-state index in [1.807, 2.05) is 11.8 Å². The van der Waals surface area contributed by atoms with Crippen molar-refractivity contribution in [2.45, 2.75) is 39.8 Å². The van der Waals surface area contributed by atoms with E-state index in [0.29, 0.717) is 19.1 Å². The number of nitrogens with zero attached hydrogens (tertiary/aromatic N) is 2. The number of hydrogen-bond donors (Lipinski definition) is 1. The molecule has 1 N–H and O–H groups in total. The molecule has 0 amide bonds. The molecule has 1 aromatic rings. The molecule has 0 atom stereocenters. The van der Waals surface area contributed by atoms with Gasteiger partial charge in [-0.15, -0.1) is 6.42 Å². The molecule has 4 heteroatoms. The highest BCUT2D eigenvalue weighted by atomic mass is 16.4. The normalized spacial score (nSPS) is 11.2. The van der Waals surface area contributed by atoms with E-state index in [1.54, 1.807) is 6.26 Å². The second-order valence-corrected chi connectivity index (χ2v) is 4.94. The first-order chi connectivity index (χ1) is 7.96. The number of anilines is 1. The van der Waals surface area contributed by atoms with Crippen molar-refractivity contribution < 1.29 is 4.42 Å². The summed E-state index contributed by atoms with van der Waals surface area (Å²) >= 11 is 0. The first kappa shape index (κ1) is 13.6. The van der Waals surface area contributed by atoms with Crippen LogP contribution in [0.5, 0.6) is 0 Å². The van der Waals surface area contributed by atoms with Crippen LogP contribution in [-0.4, -0.2) is 23.6 Å². The molecule has 0 aliphatic rings. The third-order valence-corrected chi connectivity index (χ3v) is 2.27. The second-order valence-electron chi connectivity index (χ2n) is 4.94. The van der Waals surface area contributed by atoms with Crippen molar-refractivity contribution in [1.29, 1.82) is 0 Å². The SMILES string of the molecule is C#CCN(CC)c1nc(CNC(C)(C)C)co1. The maximum atomic E-state index is 5.41. The molecule has 1 aromatic heterocycles. The summed E-state index contributed by atoms with van der Waals surface area (Å²) in [5, 5.41) is 3.36. The summed E-state index contributed by atoms with van der Waals surface area (Å²) in [6, 6.07) is 0.594. The van der Waals surface area contributed by atoms with E-state index < -0.39 is 0 Å². The van der Waals surface area contributed by atoms with Gasteiger partial charge in [0.15, 0.2) is 0 Å². The summed E-state index contributed by atoms with van der Waals surface area (Å²) in [7, 11) is 0. The number of oxazole rings is 1. The molecule has 0 unspecified atom stereocenters. The summed E-state index contributed by atoms with van der Waals surface area (Å²) in [5.41, 5.74) is 0.966. The third-order valence-electron chi connectivity index (χ3n) is 2.27.